The van der Waals surface area contributed by atoms with Gasteiger partial charge in [-0.05, 0) is 48.0 Å². The molecule has 1 N–H and O–H groups in total. The van der Waals surface area contributed by atoms with Gasteiger partial charge in [0.05, 0.1) is 13.0 Å². The molecule has 0 spiro atoms. The molecule has 8 heteroatoms. The van der Waals surface area contributed by atoms with E-state index in [4.69, 9.17) is 14.2 Å². The third-order valence-corrected chi connectivity index (χ3v) is 3.80. The van der Waals surface area contributed by atoms with Crippen molar-refractivity contribution in [3.05, 3.63) is 0 Å². The zero-order chi connectivity index (χ0) is 20.1. The Hall–Kier alpha value is -1.99. The van der Waals surface area contributed by atoms with Crippen LogP contribution in [0, 0.1) is 11.8 Å². The maximum atomic E-state index is 12.3. The van der Waals surface area contributed by atoms with E-state index in [0.717, 1.165) is 0 Å². The summed E-state index contributed by atoms with van der Waals surface area (Å²) in [6, 6.07) is 0. The van der Waals surface area contributed by atoms with Crippen molar-refractivity contribution >= 4 is 18.2 Å². The molecule has 8 nitrogen and oxygen atoms in total. The topological polar surface area (TPSA) is 94.2 Å². The summed E-state index contributed by atoms with van der Waals surface area (Å²) in [5, 5.41) is 2.68. The lowest BCUT2D eigenvalue weighted by Gasteiger charge is -2.37. The van der Waals surface area contributed by atoms with Crippen LogP contribution in [0.2, 0.25) is 0 Å². The van der Waals surface area contributed by atoms with Gasteiger partial charge in [0.1, 0.15) is 11.2 Å². The van der Waals surface area contributed by atoms with Crippen molar-refractivity contribution in [3.63, 3.8) is 0 Å². The SMILES string of the molecule is COC(=O)[C@H]1CCN(C(=O)OC(C)(C)C)C[C@H]1CNC(=O)OC(C)(C)C. The largest absolute Gasteiger partial charge is 0.469 e. The second-order valence-electron chi connectivity index (χ2n) is 8.49. The lowest BCUT2D eigenvalue weighted by Crippen LogP contribution is -2.51. The molecule has 0 aromatic carbocycles. The number of carbonyl (C=O) groups excluding carboxylic acids is 3. The number of rotatable bonds is 3. The molecule has 0 unspecified atom stereocenters. The van der Waals surface area contributed by atoms with Gasteiger partial charge in [0.15, 0.2) is 0 Å². The normalized spacial score (nSPS) is 21.0. The fourth-order valence-corrected chi connectivity index (χ4v) is 2.72. The van der Waals surface area contributed by atoms with Gasteiger partial charge in [0.25, 0.3) is 0 Å². The predicted octanol–water partition coefficient (Wildman–Crippen LogP) is 2.56. The highest BCUT2D eigenvalue weighted by Crippen LogP contribution is 2.26. The molecule has 0 bridgehead atoms. The summed E-state index contributed by atoms with van der Waals surface area (Å²) < 4.78 is 15.5. The highest BCUT2D eigenvalue weighted by Gasteiger charge is 2.38. The molecule has 2 atom stereocenters. The second-order valence-corrected chi connectivity index (χ2v) is 8.49. The highest BCUT2D eigenvalue weighted by atomic mass is 16.6. The number of methoxy groups -OCH3 is 1. The number of nitrogens with one attached hydrogen (secondary N) is 1. The maximum Gasteiger partial charge on any atom is 0.410 e. The number of carbonyl (C=O) groups is 3. The summed E-state index contributed by atoms with van der Waals surface area (Å²) in [5.41, 5.74) is -1.21. The lowest BCUT2D eigenvalue weighted by atomic mass is 9.85. The molecule has 0 radical (unpaired) electrons. The summed E-state index contributed by atoms with van der Waals surface area (Å²) >= 11 is 0. The number of alkyl carbamates (subject to hydrolysis) is 1. The number of likely N-dealkylation sites (tertiary alicyclic amines) is 1. The second kappa shape index (κ2) is 8.60. The van der Waals surface area contributed by atoms with Crippen LogP contribution in [0.4, 0.5) is 9.59 Å². The Morgan fingerprint density at radius 2 is 1.62 bits per heavy atom. The van der Waals surface area contributed by atoms with Crippen molar-refractivity contribution in [2.24, 2.45) is 11.8 Å². The summed E-state index contributed by atoms with van der Waals surface area (Å²) in [6.45, 7) is 11.6. The highest BCUT2D eigenvalue weighted by molar-refractivity contribution is 5.74. The molecule has 1 aliphatic rings. The van der Waals surface area contributed by atoms with Crippen molar-refractivity contribution in [2.75, 3.05) is 26.7 Å². The molecule has 1 aliphatic heterocycles. The average molecular weight is 372 g/mol. The quantitative estimate of drug-likeness (QED) is 0.604. The van der Waals surface area contributed by atoms with Crippen LogP contribution in [0.3, 0.4) is 0 Å². The molecule has 1 fully saturated rings. The van der Waals surface area contributed by atoms with E-state index < -0.39 is 29.3 Å². The third kappa shape index (κ3) is 7.49. The van der Waals surface area contributed by atoms with Gasteiger partial charge in [-0.3, -0.25) is 4.79 Å². The Labute approximate surface area is 155 Å². The fourth-order valence-electron chi connectivity index (χ4n) is 2.72. The smallest absolute Gasteiger partial charge is 0.410 e. The van der Waals surface area contributed by atoms with Crippen LogP contribution in [-0.4, -0.2) is 61.0 Å². The summed E-state index contributed by atoms with van der Waals surface area (Å²) in [6.07, 6.45) is -0.536. The van der Waals surface area contributed by atoms with Crippen LogP contribution >= 0.6 is 0 Å². The number of piperidine rings is 1. The van der Waals surface area contributed by atoms with Gasteiger partial charge in [-0.1, -0.05) is 0 Å². The van der Waals surface area contributed by atoms with Crippen molar-refractivity contribution < 1.29 is 28.6 Å². The fraction of sp³-hybridized carbons (Fsp3) is 0.833. The van der Waals surface area contributed by atoms with Crippen LogP contribution in [0.25, 0.3) is 0 Å². The summed E-state index contributed by atoms with van der Waals surface area (Å²) in [7, 11) is 1.33. The van der Waals surface area contributed by atoms with Gasteiger partial charge >= 0.3 is 18.2 Å². The van der Waals surface area contributed by atoms with Gasteiger partial charge in [0, 0.05) is 25.6 Å². The molecule has 26 heavy (non-hydrogen) atoms. The summed E-state index contributed by atoms with van der Waals surface area (Å²) in [4.78, 5) is 37.8. The zero-order valence-corrected chi connectivity index (χ0v) is 16.9. The standard InChI is InChI=1S/C18H32N2O6/c1-17(2,3)25-15(22)19-10-12-11-20(16(23)26-18(4,5)6)9-8-13(12)14(21)24-7/h12-13H,8-11H2,1-7H3,(H,19,22)/t12-,13+/m1/s1. The number of ether oxygens (including phenoxy) is 3. The molecule has 0 aromatic rings. The average Bonchev–Trinajstić information content (AvgIpc) is 2.48. The van der Waals surface area contributed by atoms with Crippen LogP contribution in [0.15, 0.2) is 0 Å². The van der Waals surface area contributed by atoms with Crippen LogP contribution in [-0.2, 0) is 19.0 Å². The van der Waals surface area contributed by atoms with Gasteiger partial charge < -0.3 is 24.4 Å². The minimum absolute atomic E-state index is 0.202. The third-order valence-electron chi connectivity index (χ3n) is 3.80. The van der Waals surface area contributed by atoms with Gasteiger partial charge in [0.2, 0.25) is 0 Å². The number of nitrogens with zero attached hydrogens (tertiary/aromatic N) is 1. The first-order valence-corrected chi connectivity index (χ1v) is 8.85. The minimum Gasteiger partial charge on any atom is -0.469 e. The van der Waals surface area contributed by atoms with Crippen LogP contribution < -0.4 is 5.32 Å². The Balaban J connectivity index is 2.75. The molecule has 0 aromatic heterocycles. The first-order valence-electron chi connectivity index (χ1n) is 8.85. The van der Waals surface area contributed by atoms with E-state index in [1.165, 1.54) is 7.11 Å². The monoisotopic (exact) mass is 372 g/mol. The van der Waals surface area contributed by atoms with E-state index in [9.17, 15) is 14.4 Å². The zero-order valence-electron chi connectivity index (χ0n) is 16.9. The molecule has 150 valence electrons. The predicted molar refractivity (Wildman–Crippen MR) is 95.7 cm³/mol. The van der Waals surface area contributed by atoms with Gasteiger partial charge in [-0.25, -0.2) is 9.59 Å². The lowest BCUT2D eigenvalue weighted by molar-refractivity contribution is -0.149. The number of hydrogen-bond acceptors (Lipinski definition) is 6. The molecule has 1 rings (SSSR count). The number of hydrogen-bond donors (Lipinski definition) is 1. The van der Waals surface area contributed by atoms with E-state index in [-0.39, 0.29) is 18.4 Å². The van der Waals surface area contributed by atoms with E-state index in [1.54, 1.807) is 46.4 Å². The molecule has 0 saturated carbocycles. The number of esters is 1. The van der Waals surface area contributed by atoms with Crippen molar-refractivity contribution in [1.29, 1.82) is 0 Å². The Morgan fingerprint density at radius 1 is 1.04 bits per heavy atom. The maximum absolute atomic E-state index is 12.3. The van der Waals surface area contributed by atoms with E-state index in [0.29, 0.717) is 19.5 Å². The van der Waals surface area contributed by atoms with Gasteiger partial charge in [-0.2, -0.15) is 0 Å². The van der Waals surface area contributed by atoms with Gasteiger partial charge in [-0.15, -0.1) is 0 Å². The molecule has 0 aliphatic carbocycles. The Morgan fingerprint density at radius 3 is 2.12 bits per heavy atom. The van der Waals surface area contributed by atoms with E-state index in [1.807, 2.05) is 0 Å². The van der Waals surface area contributed by atoms with Crippen LogP contribution in [0.5, 0.6) is 0 Å². The summed E-state index contributed by atoms with van der Waals surface area (Å²) in [5.74, 6) is -1.02. The van der Waals surface area contributed by atoms with Crippen molar-refractivity contribution in [2.45, 2.75) is 59.2 Å². The minimum atomic E-state index is -0.610. The van der Waals surface area contributed by atoms with Crippen molar-refractivity contribution in [3.8, 4) is 0 Å². The molecule has 1 saturated heterocycles. The number of amides is 2. The molecular formula is C18H32N2O6. The van der Waals surface area contributed by atoms with Crippen molar-refractivity contribution in [1.82, 2.24) is 10.2 Å². The Kier molecular flexibility index (Phi) is 7.29. The molecule has 2 amide bonds. The first-order chi connectivity index (χ1) is 11.8. The molecular weight excluding hydrogens is 340 g/mol. The van der Waals surface area contributed by atoms with E-state index in [2.05, 4.69) is 5.32 Å². The van der Waals surface area contributed by atoms with Crippen LogP contribution in [0.1, 0.15) is 48.0 Å². The Bertz CT molecular complexity index is 521. The van der Waals surface area contributed by atoms with E-state index >= 15 is 0 Å². The molecule has 1 heterocycles. The first kappa shape index (κ1) is 22.1.